The topological polar surface area (TPSA) is 42.2 Å². The Hall–Kier alpha value is -2.81. The molecular weight excluding hydrogens is 358 g/mol. The Kier molecular flexibility index (Phi) is 5.84. The van der Waals surface area contributed by atoms with Gasteiger partial charge in [0.25, 0.3) is 0 Å². The van der Waals surface area contributed by atoms with Crippen LogP contribution < -0.4 is 0 Å². The van der Waals surface area contributed by atoms with Crippen molar-refractivity contribution in [1.29, 1.82) is 0 Å². The lowest BCUT2D eigenvalue weighted by Gasteiger charge is -2.32. The predicted octanol–water partition coefficient (Wildman–Crippen LogP) is 6.38. The standard InChI is InChI=1S/C26H29NO2/c1-19(17-25(28)29)16-20-12-13-24-23(18-20)14-15-27(24)26(21-8-4-2-5-9-21)22-10-6-3-7-11-22/h2,4-5,8-9,12-15,17-18,22,26H,3,6-7,10-11,16H2,1H3,(H,28,29). The summed E-state index contributed by atoms with van der Waals surface area (Å²) < 4.78 is 2.46. The molecule has 1 saturated carbocycles. The van der Waals surface area contributed by atoms with Gasteiger partial charge < -0.3 is 9.67 Å². The molecule has 1 aromatic heterocycles. The van der Waals surface area contributed by atoms with Crippen LogP contribution in [0.25, 0.3) is 10.9 Å². The maximum atomic E-state index is 10.9. The number of aromatic nitrogens is 1. The summed E-state index contributed by atoms with van der Waals surface area (Å²) in [6.07, 6.45) is 10.8. The lowest BCUT2D eigenvalue weighted by molar-refractivity contribution is -0.131. The first kappa shape index (κ1) is 19.5. The number of carboxylic acids is 1. The van der Waals surface area contributed by atoms with Crippen LogP contribution in [0.1, 0.15) is 56.2 Å². The number of benzene rings is 2. The van der Waals surface area contributed by atoms with E-state index in [1.54, 1.807) is 0 Å². The summed E-state index contributed by atoms with van der Waals surface area (Å²) in [5.41, 5.74) is 4.66. The number of aliphatic carboxylic acids is 1. The second-order valence-corrected chi connectivity index (χ2v) is 8.38. The zero-order chi connectivity index (χ0) is 20.2. The highest BCUT2D eigenvalue weighted by atomic mass is 16.4. The minimum atomic E-state index is -0.882. The van der Waals surface area contributed by atoms with Crippen LogP contribution in [0.5, 0.6) is 0 Å². The van der Waals surface area contributed by atoms with Crippen molar-refractivity contribution < 1.29 is 9.90 Å². The number of nitrogens with zero attached hydrogens (tertiary/aromatic N) is 1. The third-order valence-electron chi connectivity index (χ3n) is 6.17. The average Bonchev–Trinajstić information content (AvgIpc) is 3.12. The fourth-order valence-electron chi connectivity index (χ4n) is 4.91. The van der Waals surface area contributed by atoms with Gasteiger partial charge in [0.2, 0.25) is 0 Å². The van der Waals surface area contributed by atoms with Crippen molar-refractivity contribution >= 4 is 16.9 Å². The van der Waals surface area contributed by atoms with Gasteiger partial charge in [-0.15, -0.1) is 0 Å². The van der Waals surface area contributed by atoms with E-state index >= 15 is 0 Å². The van der Waals surface area contributed by atoms with Crippen LogP contribution in [0.2, 0.25) is 0 Å². The molecule has 2 aromatic carbocycles. The van der Waals surface area contributed by atoms with E-state index in [0.29, 0.717) is 18.4 Å². The van der Waals surface area contributed by atoms with Gasteiger partial charge in [0.15, 0.2) is 0 Å². The lowest BCUT2D eigenvalue weighted by atomic mass is 9.81. The molecule has 1 atom stereocenters. The molecule has 1 fully saturated rings. The van der Waals surface area contributed by atoms with E-state index in [1.807, 2.05) is 6.92 Å². The predicted molar refractivity (Wildman–Crippen MR) is 118 cm³/mol. The molecule has 29 heavy (non-hydrogen) atoms. The van der Waals surface area contributed by atoms with E-state index in [9.17, 15) is 4.79 Å². The van der Waals surface area contributed by atoms with Gasteiger partial charge in [-0.05, 0) is 66.8 Å². The zero-order valence-corrected chi connectivity index (χ0v) is 17.1. The smallest absolute Gasteiger partial charge is 0.328 e. The van der Waals surface area contributed by atoms with E-state index < -0.39 is 5.97 Å². The molecule has 0 spiro atoms. The first-order valence-electron chi connectivity index (χ1n) is 10.7. The summed E-state index contributed by atoms with van der Waals surface area (Å²) >= 11 is 0. The van der Waals surface area contributed by atoms with Crippen molar-refractivity contribution in [1.82, 2.24) is 4.57 Å². The molecule has 0 aliphatic heterocycles. The first-order valence-corrected chi connectivity index (χ1v) is 10.7. The van der Waals surface area contributed by atoms with E-state index in [2.05, 4.69) is 65.4 Å². The van der Waals surface area contributed by atoms with E-state index in [-0.39, 0.29) is 0 Å². The zero-order valence-electron chi connectivity index (χ0n) is 17.1. The fourth-order valence-corrected chi connectivity index (χ4v) is 4.91. The second-order valence-electron chi connectivity index (χ2n) is 8.38. The van der Waals surface area contributed by atoms with Gasteiger partial charge in [0.1, 0.15) is 0 Å². The van der Waals surface area contributed by atoms with Crippen LogP contribution in [0, 0.1) is 5.92 Å². The van der Waals surface area contributed by atoms with Crippen LogP contribution in [0.15, 0.2) is 72.4 Å². The molecule has 3 aromatic rings. The highest BCUT2D eigenvalue weighted by Crippen LogP contribution is 2.39. The molecule has 0 saturated heterocycles. The van der Waals surface area contributed by atoms with E-state index in [1.165, 1.54) is 54.6 Å². The summed E-state index contributed by atoms with van der Waals surface area (Å²) in [6, 6.07) is 20.0. The second kappa shape index (κ2) is 8.69. The van der Waals surface area contributed by atoms with Gasteiger partial charge in [0.05, 0.1) is 6.04 Å². The molecule has 1 heterocycles. The van der Waals surface area contributed by atoms with Crippen LogP contribution >= 0.6 is 0 Å². The minimum Gasteiger partial charge on any atom is -0.478 e. The highest BCUT2D eigenvalue weighted by Gasteiger charge is 2.27. The molecule has 4 rings (SSSR count). The minimum absolute atomic E-state index is 0.369. The molecule has 3 nitrogen and oxygen atoms in total. The number of fused-ring (bicyclic) bond motifs is 1. The fraction of sp³-hybridized carbons (Fsp3) is 0.346. The van der Waals surface area contributed by atoms with Crippen LogP contribution in [-0.2, 0) is 11.2 Å². The molecule has 1 unspecified atom stereocenters. The van der Waals surface area contributed by atoms with Gasteiger partial charge in [-0.1, -0.05) is 61.2 Å². The third kappa shape index (κ3) is 4.45. The Bertz CT molecular complexity index is 1010. The maximum absolute atomic E-state index is 10.9. The van der Waals surface area contributed by atoms with E-state index in [0.717, 1.165) is 11.1 Å². The van der Waals surface area contributed by atoms with Crippen molar-refractivity contribution in [2.75, 3.05) is 0 Å². The number of carboxylic acid groups (broad SMARTS) is 1. The quantitative estimate of drug-likeness (QED) is 0.498. The lowest BCUT2D eigenvalue weighted by Crippen LogP contribution is -2.22. The SMILES string of the molecule is CC(=CC(=O)O)Cc1ccc2c(ccn2C(c2ccccc2)C2CCCCC2)c1. The molecule has 1 N–H and O–H groups in total. The van der Waals surface area contributed by atoms with Crippen molar-refractivity contribution in [3.63, 3.8) is 0 Å². The average molecular weight is 388 g/mol. The Morgan fingerprint density at radius 1 is 1.10 bits per heavy atom. The monoisotopic (exact) mass is 387 g/mol. The van der Waals surface area contributed by atoms with Gasteiger partial charge in [-0.2, -0.15) is 0 Å². The molecule has 1 aliphatic rings. The number of rotatable bonds is 6. The van der Waals surface area contributed by atoms with Crippen LogP contribution in [0.3, 0.4) is 0 Å². The van der Waals surface area contributed by atoms with Crippen molar-refractivity contribution in [3.05, 3.63) is 83.6 Å². The molecule has 0 bridgehead atoms. The molecular formula is C26H29NO2. The Morgan fingerprint density at radius 2 is 1.86 bits per heavy atom. The normalized spacial score (nSPS) is 16.8. The summed E-state index contributed by atoms with van der Waals surface area (Å²) in [5.74, 6) is -0.213. The molecule has 1 aliphatic carbocycles. The van der Waals surface area contributed by atoms with Gasteiger partial charge >= 0.3 is 5.97 Å². The number of carbonyl (C=O) groups is 1. The van der Waals surface area contributed by atoms with Gasteiger partial charge in [-0.3, -0.25) is 0 Å². The van der Waals surface area contributed by atoms with Crippen molar-refractivity contribution in [2.45, 2.75) is 51.5 Å². The number of allylic oxidation sites excluding steroid dienone is 1. The number of hydrogen-bond donors (Lipinski definition) is 1. The maximum Gasteiger partial charge on any atom is 0.328 e. The molecule has 0 amide bonds. The highest BCUT2D eigenvalue weighted by molar-refractivity contribution is 5.82. The third-order valence-corrected chi connectivity index (χ3v) is 6.17. The summed E-state index contributed by atoms with van der Waals surface area (Å²) in [6.45, 7) is 1.87. The van der Waals surface area contributed by atoms with Gasteiger partial charge in [0, 0.05) is 17.8 Å². The van der Waals surface area contributed by atoms with Crippen molar-refractivity contribution in [2.24, 2.45) is 5.92 Å². The van der Waals surface area contributed by atoms with Crippen molar-refractivity contribution in [3.8, 4) is 0 Å². The Balaban J connectivity index is 1.70. The Morgan fingerprint density at radius 3 is 2.59 bits per heavy atom. The molecule has 150 valence electrons. The first-order chi connectivity index (χ1) is 14.1. The molecule has 0 radical (unpaired) electrons. The summed E-state index contributed by atoms with van der Waals surface area (Å²) in [5, 5.41) is 10.2. The summed E-state index contributed by atoms with van der Waals surface area (Å²) in [4.78, 5) is 10.9. The van der Waals surface area contributed by atoms with Crippen LogP contribution in [0.4, 0.5) is 0 Å². The number of hydrogen-bond acceptors (Lipinski definition) is 1. The largest absolute Gasteiger partial charge is 0.478 e. The molecule has 3 heteroatoms. The summed E-state index contributed by atoms with van der Waals surface area (Å²) in [7, 11) is 0. The van der Waals surface area contributed by atoms with Gasteiger partial charge in [-0.25, -0.2) is 4.79 Å². The van der Waals surface area contributed by atoms with Crippen LogP contribution in [-0.4, -0.2) is 15.6 Å². The Labute approximate surface area is 172 Å². The van der Waals surface area contributed by atoms with E-state index in [4.69, 9.17) is 5.11 Å².